The fourth-order valence-corrected chi connectivity index (χ4v) is 6.28. The molecule has 0 spiro atoms. The average molecular weight is 463 g/mol. The summed E-state index contributed by atoms with van der Waals surface area (Å²) in [5, 5.41) is 3.53. The number of nitrogens with one attached hydrogen (secondary N) is 1. The quantitative estimate of drug-likeness (QED) is 0.636. The molecule has 0 radical (unpaired) electrons. The topological polar surface area (TPSA) is 75.7 Å². The minimum absolute atomic E-state index is 0.0820. The molecule has 0 aliphatic heterocycles. The van der Waals surface area contributed by atoms with Crippen LogP contribution in [0.25, 0.3) is 0 Å². The lowest BCUT2D eigenvalue weighted by atomic mass is 9.95. The zero-order chi connectivity index (χ0) is 22.0. The monoisotopic (exact) mass is 462 g/mol. The summed E-state index contributed by atoms with van der Waals surface area (Å²) in [6.45, 7) is 2.11. The molecule has 0 saturated heterocycles. The maximum absolute atomic E-state index is 13.4. The number of carbonyl (C=O) groups excluding carboxylic acids is 1. The number of rotatable bonds is 8. The highest BCUT2D eigenvalue weighted by atomic mass is 35.5. The summed E-state index contributed by atoms with van der Waals surface area (Å²) >= 11 is 5.93. The molecule has 1 amide bonds. The van der Waals surface area contributed by atoms with E-state index in [2.05, 4.69) is 5.32 Å². The molecule has 2 aliphatic carbocycles. The van der Waals surface area contributed by atoms with Crippen molar-refractivity contribution < 1.29 is 17.9 Å². The molecule has 2 aliphatic rings. The minimum Gasteiger partial charge on any atom is -0.494 e. The van der Waals surface area contributed by atoms with Gasteiger partial charge in [0.2, 0.25) is 5.91 Å². The molecule has 2 saturated carbocycles. The van der Waals surface area contributed by atoms with Crippen LogP contribution in [0.1, 0.15) is 32.6 Å². The number of benzene rings is 2. The van der Waals surface area contributed by atoms with Crippen molar-refractivity contribution in [1.29, 1.82) is 0 Å². The third kappa shape index (κ3) is 4.83. The fraction of sp³-hybridized carbons (Fsp3) is 0.435. The summed E-state index contributed by atoms with van der Waals surface area (Å²) in [6, 6.07) is 12.8. The van der Waals surface area contributed by atoms with E-state index in [0.29, 0.717) is 34.9 Å². The van der Waals surface area contributed by atoms with Gasteiger partial charge in [-0.25, -0.2) is 8.42 Å². The summed E-state index contributed by atoms with van der Waals surface area (Å²) in [4.78, 5) is 13.0. The second kappa shape index (κ2) is 9.09. The Morgan fingerprint density at radius 3 is 2.39 bits per heavy atom. The van der Waals surface area contributed by atoms with E-state index < -0.39 is 10.0 Å². The second-order valence-corrected chi connectivity index (χ2v) is 10.5. The van der Waals surface area contributed by atoms with Crippen LogP contribution >= 0.6 is 11.6 Å². The molecular formula is C23H27ClN2O4S. The number of nitrogens with zero attached hydrogens (tertiary/aromatic N) is 1. The first kappa shape index (κ1) is 22.0. The first-order valence-electron chi connectivity index (χ1n) is 10.7. The van der Waals surface area contributed by atoms with Crippen LogP contribution in [-0.4, -0.2) is 33.5 Å². The first-order chi connectivity index (χ1) is 14.9. The second-order valence-electron chi connectivity index (χ2n) is 8.24. The molecule has 1 N–H and O–H groups in total. The van der Waals surface area contributed by atoms with Crippen LogP contribution in [0.15, 0.2) is 53.4 Å². The van der Waals surface area contributed by atoms with E-state index >= 15 is 0 Å². The van der Waals surface area contributed by atoms with Gasteiger partial charge < -0.3 is 10.1 Å². The van der Waals surface area contributed by atoms with Crippen LogP contribution in [-0.2, 0) is 14.8 Å². The van der Waals surface area contributed by atoms with E-state index in [1.165, 1.54) is 30.7 Å². The largest absolute Gasteiger partial charge is 0.494 e. The number of amides is 1. The van der Waals surface area contributed by atoms with Gasteiger partial charge in [0.05, 0.1) is 17.2 Å². The van der Waals surface area contributed by atoms with Crippen LogP contribution in [0.3, 0.4) is 0 Å². The third-order valence-electron chi connectivity index (χ3n) is 6.21. The maximum Gasteiger partial charge on any atom is 0.264 e. The molecule has 2 bridgehead atoms. The van der Waals surface area contributed by atoms with E-state index in [-0.39, 0.29) is 23.4 Å². The van der Waals surface area contributed by atoms with Crippen molar-refractivity contribution >= 4 is 33.2 Å². The number of sulfonamides is 1. The summed E-state index contributed by atoms with van der Waals surface area (Å²) in [7, 11) is -3.96. The lowest BCUT2D eigenvalue weighted by molar-refractivity contribution is -0.120. The van der Waals surface area contributed by atoms with Crippen molar-refractivity contribution in [2.75, 3.05) is 17.5 Å². The SMILES string of the molecule is CCOc1ccc(N(CC(=O)NC2CC3CCC2C3)S(=O)(=O)c2ccc(Cl)cc2)cc1. The van der Waals surface area contributed by atoms with Crippen molar-refractivity contribution in [3.8, 4) is 5.75 Å². The van der Waals surface area contributed by atoms with E-state index in [9.17, 15) is 13.2 Å². The van der Waals surface area contributed by atoms with Crippen LogP contribution in [0.5, 0.6) is 5.75 Å². The van der Waals surface area contributed by atoms with Gasteiger partial charge in [-0.1, -0.05) is 18.0 Å². The fourth-order valence-electron chi connectivity index (χ4n) is 4.73. The van der Waals surface area contributed by atoms with Gasteiger partial charge in [0, 0.05) is 11.1 Å². The molecule has 31 heavy (non-hydrogen) atoms. The third-order valence-corrected chi connectivity index (χ3v) is 8.25. The van der Waals surface area contributed by atoms with Gasteiger partial charge in [-0.3, -0.25) is 9.10 Å². The number of fused-ring (bicyclic) bond motifs is 2. The highest BCUT2D eigenvalue weighted by Crippen LogP contribution is 2.44. The molecule has 3 unspecified atom stereocenters. The Morgan fingerprint density at radius 1 is 1.10 bits per heavy atom. The Hall–Kier alpha value is -2.25. The van der Waals surface area contributed by atoms with Gasteiger partial charge in [0.1, 0.15) is 12.3 Å². The molecule has 2 fully saturated rings. The smallest absolute Gasteiger partial charge is 0.264 e. The van der Waals surface area contributed by atoms with Gasteiger partial charge in [0.25, 0.3) is 10.0 Å². The number of carbonyl (C=O) groups is 1. The molecule has 2 aromatic rings. The average Bonchev–Trinajstić information content (AvgIpc) is 3.36. The molecule has 2 aromatic carbocycles. The van der Waals surface area contributed by atoms with Crippen LogP contribution in [0.2, 0.25) is 5.02 Å². The molecule has 8 heteroatoms. The predicted molar refractivity (Wildman–Crippen MR) is 121 cm³/mol. The molecule has 4 rings (SSSR count). The zero-order valence-electron chi connectivity index (χ0n) is 17.5. The number of hydrogen-bond acceptors (Lipinski definition) is 4. The Balaban J connectivity index is 1.58. The standard InChI is InChI=1S/C23H27ClN2O4S/c1-2-30-20-9-7-19(8-10-20)26(31(28,29)21-11-5-18(24)6-12-21)15-23(27)25-22-14-16-3-4-17(22)13-16/h5-12,16-17,22H,2-4,13-15H2,1H3,(H,25,27). The van der Waals surface area contributed by atoms with Crippen LogP contribution < -0.4 is 14.4 Å². The van der Waals surface area contributed by atoms with Gasteiger partial charge in [-0.2, -0.15) is 0 Å². The maximum atomic E-state index is 13.4. The van der Waals surface area contributed by atoms with E-state index in [1.54, 1.807) is 24.3 Å². The molecule has 6 nitrogen and oxygen atoms in total. The summed E-state index contributed by atoms with van der Waals surface area (Å²) < 4.78 is 33.5. The van der Waals surface area contributed by atoms with Crippen molar-refractivity contribution in [3.05, 3.63) is 53.6 Å². The van der Waals surface area contributed by atoms with E-state index in [4.69, 9.17) is 16.3 Å². The first-order valence-corrected chi connectivity index (χ1v) is 12.5. The van der Waals surface area contributed by atoms with Crippen molar-refractivity contribution in [1.82, 2.24) is 5.32 Å². The normalized spacial score (nSPS) is 22.3. The molecule has 3 atom stereocenters. The lowest BCUT2D eigenvalue weighted by Crippen LogP contribution is -2.45. The van der Waals surface area contributed by atoms with E-state index in [0.717, 1.165) is 23.6 Å². The Bertz CT molecular complexity index is 1020. The predicted octanol–water partition coefficient (Wildman–Crippen LogP) is 4.24. The van der Waals surface area contributed by atoms with Crippen molar-refractivity contribution in [2.24, 2.45) is 11.8 Å². The van der Waals surface area contributed by atoms with Crippen LogP contribution in [0, 0.1) is 11.8 Å². The molecule has 166 valence electrons. The summed E-state index contributed by atoms with van der Waals surface area (Å²) in [5.74, 6) is 1.56. The Kier molecular flexibility index (Phi) is 6.44. The highest BCUT2D eigenvalue weighted by molar-refractivity contribution is 7.92. The number of hydrogen-bond donors (Lipinski definition) is 1. The minimum atomic E-state index is -3.96. The van der Waals surface area contributed by atoms with Crippen LogP contribution in [0.4, 0.5) is 5.69 Å². The van der Waals surface area contributed by atoms with Gasteiger partial charge in [-0.05, 0) is 86.6 Å². The van der Waals surface area contributed by atoms with E-state index in [1.807, 2.05) is 6.92 Å². The van der Waals surface area contributed by atoms with Crippen molar-refractivity contribution in [2.45, 2.75) is 43.5 Å². The van der Waals surface area contributed by atoms with Gasteiger partial charge in [0.15, 0.2) is 0 Å². The number of ether oxygens (including phenoxy) is 1. The Morgan fingerprint density at radius 2 is 1.81 bits per heavy atom. The van der Waals surface area contributed by atoms with Crippen molar-refractivity contribution in [3.63, 3.8) is 0 Å². The highest BCUT2D eigenvalue weighted by Gasteiger charge is 2.40. The number of halogens is 1. The molecule has 0 heterocycles. The summed E-state index contributed by atoms with van der Waals surface area (Å²) in [6.07, 6.45) is 4.53. The zero-order valence-corrected chi connectivity index (χ0v) is 19.0. The lowest BCUT2D eigenvalue weighted by Gasteiger charge is -2.27. The molecule has 0 aromatic heterocycles. The number of anilines is 1. The summed E-state index contributed by atoms with van der Waals surface area (Å²) in [5.41, 5.74) is 0.404. The Labute approximate surface area is 188 Å². The molecular weight excluding hydrogens is 436 g/mol. The van der Waals surface area contributed by atoms with Gasteiger partial charge in [-0.15, -0.1) is 0 Å². The van der Waals surface area contributed by atoms with Gasteiger partial charge >= 0.3 is 0 Å².